The van der Waals surface area contributed by atoms with Gasteiger partial charge in [0.2, 0.25) is 0 Å². The van der Waals surface area contributed by atoms with Crippen LogP contribution in [0.25, 0.3) is 0 Å². The van der Waals surface area contributed by atoms with E-state index in [0.717, 1.165) is 13.0 Å². The van der Waals surface area contributed by atoms with Gasteiger partial charge in [0.15, 0.2) is 5.03 Å². The van der Waals surface area contributed by atoms with E-state index in [2.05, 4.69) is 20.0 Å². The fraction of sp³-hybridized carbons (Fsp3) is 0.500. The van der Waals surface area contributed by atoms with Crippen LogP contribution in [0.4, 0.5) is 0 Å². The highest BCUT2D eigenvalue weighted by atomic mass is 35.5. The zero-order valence-corrected chi connectivity index (χ0v) is 10.1. The topological polar surface area (TPSA) is 84.0 Å². The molecule has 0 saturated carbocycles. The lowest BCUT2D eigenvalue weighted by Crippen LogP contribution is -2.36. The molecule has 0 amide bonds. The Morgan fingerprint density at radius 2 is 2.25 bits per heavy atom. The lowest BCUT2D eigenvalue weighted by atomic mass is 10.3. The van der Waals surface area contributed by atoms with Crippen molar-refractivity contribution in [3.8, 4) is 0 Å². The molecule has 2 heterocycles. The first-order chi connectivity index (χ1) is 7.18. The van der Waals surface area contributed by atoms with Crippen LogP contribution in [0.2, 0.25) is 0 Å². The molecule has 0 aliphatic carbocycles. The molecule has 0 unspecified atom stereocenters. The highest BCUT2D eigenvalue weighted by Gasteiger charge is 2.23. The van der Waals surface area contributed by atoms with E-state index in [4.69, 9.17) is 0 Å². The van der Waals surface area contributed by atoms with Crippen LogP contribution >= 0.6 is 12.4 Å². The van der Waals surface area contributed by atoms with E-state index >= 15 is 0 Å². The van der Waals surface area contributed by atoms with Crippen molar-refractivity contribution in [3.63, 3.8) is 0 Å². The fourth-order valence-corrected chi connectivity index (χ4v) is 2.62. The second-order valence-corrected chi connectivity index (χ2v) is 5.02. The van der Waals surface area contributed by atoms with Crippen LogP contribution in [0.3, 0.4) is 0 Å². The Bertz CT molecular complexity index is 419. The second-order valence-electron chi connectivity index (χ2n) is 3.35. The van der Waals surface area contributed by atoms with Gasteiger partial charge in [-0.25, -0.2) is 18.1 Å². The third kappa shape index (κ3) is 3.11. The van der Waals surface area contributed by atoms with E-state index in [1.807, 2.05) is 0 Å². The summed E-state index contributed by atoms with van der Waals surface area (Å²) in [6.07, 6.45) is 4.85. The number of halogens is 1. The monoisotopic (exact) mass is 264 g/mol. The summed E-state index contributed by atoms with van der Waals surface area (Å²) in [5.74, 6) is 0. The molecular weight excluding hydrogens is 252 g/mol. The van der Waals surface area contributed by atoms with Crippen LogP contribution in [0, 0.1) is 0 Å². The third-order valence-electron chi connectivity index (χ3n) is 2.20. The first-order valence-electron chi connectivity index (χ1n) is 4.67. The van der Waals surface area contributed by atoms with Gasteiger partial charge in [0, 0.05) is 25.0 Å². The first kappa shape index (κ1) is 13.3. The van der Waals surface area contributed by atoms with Crippen molar-refractivity contribution in [1.29, 1.82) is 0 Å². The van der Waals surface area contributed by atoms with Crippen LogP contribution < -0.4 is 10.0 Å². The summed E-state index contributed by atoms with van der Waals surface area (Å²) in [6, 6.07) is -0.0444. The smallest absolute Gasteiger partial charge is 0.259 e. The molecule has 0 radical (unpaired) electrons. The zero-order chi connectivity index (χ0) is 10.7. The van der Waals surface area contributed by atoms with E-state index < -0.39 is 10.0 Å². The number of hydrogen-bond acceptors (Lipinski definition) is 5. The molecule has 1 saturated heterocycles. The summed E-state index contributed by atoms with van der Waals surface area (Å²) in [5.41, 5.74) is 0. The van der Waals surface area contributed by atoms with Gasteiger partial charge in [-0.2, -0.15) is 0 Å². The summed E-state index contributed by atoms with van der Waals surface area (Å²) in [7, 11) is -3.51. The van der Waals surface area contributed by atoms with Crippen molar-refractivity contribution < 1.29 is 8.42 Å². The van der Waals surface area contributed by atoms with Crippen molar-refractivity contribution in [3.05, 3.63) is 18.6 Å². The zero-order valence-electron chi connectivity index (χ0n) is 8.46. The fourth-order valence-electron chi connectivity index (χ4n) is 1.46. The Morgan fingerprint density at radius 1 is 1.44 bits per heavy atom. The van der Waals surface area contributed by atoms with Crippen LogP contribution in [0.1, 0.15) is 6.42 Å². The summed E-state index contributed by atoms with van der Waals surface area (Å²) < 4.78 is 26.1. The summed E-state index contributed by atoms with van der Waals surface area (Å²) in [5, 5.41) is 3.05. The molecule has 1 aromatic rings. The molecule has 8 heteroatoms. The maximum atomic E-state index is 11.7. The average Bonchev–Trinajstić information content (AvgIpc) is 2.71. The minimum Gasteiger partial charge on any atom is -0.315 e. The molecule has 0 aromatic carbocycles. The van der Waals surface area contributed by atoms with Gasteiger partial charge < -0.3 is 5.32 Å². The molecular formula is C8H13ClN4O2S. The summed E-state index contributed by atoms with van der Waals surface area (Å²) >= 11 is 0. The molecule has 1 aliphatic rings. The Hall–Kier alpha value is -0.760. The Balaban J connectivity index is 0.00000128. The largest absolute Gasteiger partial charge is 0.315 e. The predicted octanol–water partition coefficient (Wildman–Crippen LogP) is -0.461. The van der Waals surface area contributed by atoms with Gasteiger partial charge in [0.05, 0.1) is 6.20 Å². The molecule has 1 fully saturated rings. The first-order valence-corrected chi connectivity index (χ1v) is 6.16. The average molecular weight is 265 g/mol. The van der Waals surface area contributed by atoms with Crippen LogP contribution in [-0.2, 0) is 10.0 Å². The van der Waals surface area contributed by atoms with E-state index in [0.29, 0.717) is 6.54 Å². The van der Waals surface area contributed by atoms with Gasteiger partial charge in [0.1, 0.15) is 0 Å². The SMILES string of the molecule is Cl.O=S(=O)(N[C@H]1CCNC1)c1cnccn1. The molecule has 0 spiro atoms. The molecule has 90 valence electrons. The Kier molecular flexibility index (Phi) is 4.60. The molecule has 2 rings (SSSR count). The number of nitrogens with zero attached hydrogens (tertiary/aromatic N) is 2. The van der Waals surface area contributed by atoms with Crippen LogP contribution in [-0.4, -0.2) is 37.5 Å². The lowest BCUT2D eigenvalue weighted by Gasteiger charge is -2.10. The number of rotatable bonds is 3. The predicted molar refractivity (Wildman–Crippen MR) is 60.9 cm³/mol. The van der Waals surface area contributed by atoms with Crippen molar-refractivity contribution in [2.24, 2.45) is 0 Å². The van der Waals surface area contributed by atoms with Crippen molar-refractivity contribution in [2.75, 3.05) is 13.1 Å². The lowest BCUT2D eigenvalue weighted by molar-refractivity contribution is 0.556. The molecule has 1 aromatic heterocycles. The number of hydrogen-bond donors (Lipinski definition) is 2. The minimum absolute atomic E-state index is 0. The maximum absolute atomic E-state index is 11.7. The highest BCUT2D eigenvalue weighted by Crippen LogP contribution is 2.06. The molecule has 1 atom stereocenters. The highest BCUT2D eigenvalue weighted by molar-refractivity contribution is 7.89. The van der Waals surface area contributed by atoms with Gasteiger partial charge >= 0.3 is 0 Å². The molecule has 6 nitrogen and oxygen atoms in total. The van der Waals surface area contributed by atoms with Crippen LogP contribution in [0.5, 0.6) is 0 Å². The van der Waals surface area contributed by atoms with Gasteiger partial charge in [0.25, 0.3) is 10.0 Å². The van der Waals surface area contributed by atoms with Gasteiger partial charge in [-0.15, -0.1) is 12.4 Å². The van der Waals surface area contributed by atoms with Crippen LogP contribution in [0.15, 0.2) is 23.6 Å². The van der Waals surface area contributed by atoms with Crippen molar-refractivity contribution in [2.45, 2.75) is 17.5 Å². The molecule has 16 heavy (non-hydrogen) atoms. The quantitative estimate of drug-likeness (QED) is 0.772. The molecule has 2 N–H and O–H groups in total. The second kappa shape index (κ2) is 5.53. The normalized spacial score (nSPS) is 20.4. The van der Waals surface area contributed by atoms with E-state index in [1.54, 1.807) is 0 Å². The maximum Gasteiger partial charge on any atom is 0.259 e. The van der Waals surface area contributed by atoms with Gasteiger partial charge in [-0.1, -0.05) is 0 Å². The van der Waals surface area contributed by atoms with Crippen molar-refractivity contribution >= 4 is 22.4 Å². The van der Waals surface area contributed by atoms with Gasteiger partial charge in [-0.05, 0) is 13.0 Å². The van der Waals surface area contributed by atoms with Gasteiger partial charge in [-0.3, -0.25) is 4.98 Å². The Morgan fingerprint density at radius 3 is 2.81 bits per heavy atom. The van der Waals surface area contributed by atoms with E-state index in [-0.39, 0.29) is 23.5 Å². The van der Waals surface area contributed by atoms with E-state index in [9.17, 15) is 8.42 Å². The Labute approximate surface area is 100 Å². The molecule has 1 aliphatic heterocycles. The number of nitrogens with one attached hydrogen (secondary N) is 2. The van der Waals surface area contributed by atoms with Crippen molar-refractivity contribution in [1.82, 2.24) is 20.0 Å². The summed E-state index contributed by atoms with van der Waals surface area (Å²) in [4.78, 5) is 7.49. The standard InChI is InChI=1S/C8H12N4O2S.ClH/c13-15(14,8-6-10-3-4-11-8)12-7-1-2-9-5-7;/h3-4,6-7,9,12H,1-2,5H2;1H/t7-;/m0./s1. The number of aromatic nitrogens is 2. The third-order valence-corrected chi connectivity index (χ3v) is 3.60. The number of sulfonamides is 1. The molecule has 0 bridgehead atoms. The van der Waals surface area contributed by atoms with E-state index in [1.165, 1.54) is 18.6 Å². The minimum atomic E-state index is -3.51. The summed E-state index contributed by atoms with van der Waals surface area (Å²) in [6.45, 7) is 1.51.